The molecule has 6 nitrogen and oxygen atoms in total. The lowest BCUT2D eigenvalue weighted by molar-refractivity contribution is -0.167. The van der Waals surface area contributed by atoms with Crippen LogP contribution >= 0.6 is 0 Å². The summed E-state index contributed by atoms with van der Waals surface area (Å²) in [5, 5.41) is 0. The molecule has 56 heavy (non-hydrogen) atoms. The van der Waals surface area contributed by atoms with E-state index in [0.29, 0.717) is 19.3 Å². The van der Waals surface area contributed by atoms with E-state index < -0.39 is 6.10 Å². The fourth-order valence-corrected chi connectivity index (χ4v) is 7.46. The van der Waals surface area contributed by atoms with Crippen LogP contribution in [0.25, 0.3) is 0 Å². The van der Waals surface area contributed by atoms with Crippen molar-refractivity contribution in [3.63, 3.8) is 0 Å². The minimum atomic E-state index is -0.761. The maximum atomic E-state index is 12.7. The van der Waals surface area contributed by atoms with Gasteiger partial charge in [-0.2, -0.15) is 0 Å². The molecule has 0 heterocycles. The first-order chi connectivity index (χ1) is 27.2. The highest BCUT2D eigenvalue weighted by Gasteiger charge is 2.19. The number of carbonyl (C=O) groups excluding carboxylic acids is 3. The highest BCUT2D eigenvalue weighted by atomic mass is 16.6. The SMILES string of the molecule is CCCCCCCCCCCCCCCC(=O)OC[C@@H](COC(=O)CCCCCCCCCCCCCCC(C)C)OC(=O)CCCCCCCCCC(C)C. The minimum absolute atomic E-state index is 0.0647. The Morgan fingerprint density at radius 3 is 0.875 bits per heavy atom. The van der Waals surface area contributed by atoms with Crippen molar-refractivity contribution in [1.82, 2.24) is 0 Å². The van der Waals surface area contributed by atoms with Crippen molar-refractivity contribution in [2.75, 3.05) is 13.2 Å². The van der Waals surface area contributed by atoms with Gasteiger partial charge in [-0.1, -0.05) is 234 Å². The summed E-state index contributed by atoms with van der Waals surface area (Å²) >= 11 is 0. The monoisotopic (exact) mass is 793 g/mol. The third-order valence-corrected chi connectivity index (χ3v) is 11.2. The van der Waals surface area contributed by atoms with E-state index in [9.17, 15) is 14.4 Å². The molecule has 0 aliphatic heterocycles. The quantitative estimate of drug-likeness (QED) is 0.0347. The van der Waals surface area contributed by atoms with Gasteiger partial charge in [0, 0.05) is 19.3 Å². The molecule has 0 saturated heterocycles. The van der Waals surface area contributed by atoms with Crippen molar-refractivity contribution in [2.24, 2.45) is 11.8 Å². The average molecular weight is 793 g/mol. The molecule has 0 aromatic rings. The lowest BCUT2D eigenvalue weighted by Gasteiger charge is -2.18. The Bertz CT molecular complexity index is 854. The van der Waals surface area contributed by atoms with Crippen LogP contribution in [-0.2, 0) is 28.6 Å². The number of carbonyl (C=O) groups is 3. The van der Waals surface area contributed by atoms with Crippen molar-refractivity contribution >= 4 is 17.9 Å². The van der Waals surface area contributed by atoms with Gasteiger partial charge in [-0.05, 0) is 31.1 Å². The summed E-state index contributed by atoms with van der Waals surface area (Å²) in [5.74, 6) is 0.757. The zero-order chi connectivity index (χ0) is 41.2. The Kier molecular flexibility index (Phi) is 41.8. The number of hydrogen-bond acceptors (Lipinski definition) is 6. The van der Waals surface area contributed by atoms with Gasteiger partial charge in [-0.3, -0.25) is 14.4 Å². The van der Waals surface area contributed by atoms with Gasteiger partial charge in [-0.25, -0.2) is 0 Å². The second-order valence-corrected chi connectivity index (χ2v) is 18.1. The van der Waals surface area contributed by atoms with Gasteiger partial charge in [0.05, 0.1) is 0 Å². The van der Waals surface area contributed by atoms with E-state index in [4.69, 9.17) is 14.2 Å². The average Bonchev–Trinajstić information content (AvgIpc) is 3.16. The van der Waals surface area contributed by atoms with Crippen LogP contribution in [0.1, 0.15) is 272 Å². The maximum absolute atomic E-state index is 12.7. The van der Waals surface area contributed by atoms with Gasteiger partial charge in [0.15, 0.2) is 6.10 Å². The molecule has 0 aliphatic carbocycles. The maximum Gasteiger partial charge on any atom is 0.306 e. The fraction of sp³-hybridized carbons (Fsp3) is 0.940. The molecule has 0 fully saturated rings. The van der Waals surface area contributed by atoms with Crippen LogP contribution in [0.4, 0.5) is 0 Å². The summed E-state index contributed by atoms with van der Waals surface area (Å²) in [6.45, 7) is 11.3. The highest BCUT2D eigenvalue weighted by Crippen LogP contribution is 2.17. The first-order valence-electron chi connectivity index (χ1n) is 24.7. The smallest absolute Gasteiger partial charge is 0.306 e. The van der Waals surface area contributed by atoms with Crippen LogP contribution in [-0.4, -0.2) is 37.2 Å². The van der Waals surface area contributed by atoms with Crippen molar-refractivity contribution in [1.29, 1.82) is 0 Å². The molecular weight excluding hydrogens is 697 g/mol. The topological polar surface area (TPSA) is 78.9 Å². The van der Waals surface area contributed by atoms with E-state index in [0.717, 1.165) is 69.6 Å². The van der Waals surface area contributed by atoms with Crippen molar-refractivity contribution in [3.05, 3.63) is 0 Å². The molecule has 0 unspecified atom stereocenters. The first kappa shape index (κ1) is 54.4. The predicted molar refractivity (Wildman–Crippen MR) is 238 cm³/mol. The number of esters is 3. The molecule has 0 radical (unpaired) electrons. The molecule has 1 atom stereocenters. The van der Waals surface area contributed by atoms with E-state index in [-0.39, 0.29) is 31.1 Å². The number of unbranched alkanes of at least 4 members (excludes halogenated alkanes) is 29. The van der Waals surface area contributed by atoms with Crippen LogP contribution in [0.5, 0.6) is 0 Å². The zero-order valence-corrected chi connectivity index (χ0v) is 38.3. The van der Waals surface area contributed by atoms with E-state index in [2.05, 4.69) is 34.6 Å². The normalized spacial score (nSPS) is 12.1. The number of rotatable bonds is 44. The zero-order valence-electron chi connectivity index (χ0n) is 38.3. The van der Waals surface area contributed by atoms with E-state index in [1.165, 1.54) is 161 Å². The highest BCUT2D eigenvalue weighted by molar-refractivity contribution is 5.71. The molecule has 0 aromatic carbocycles. The van der Waals surface area contributed by atoms with E-state index in [1.54, 1.807) is 0 Å². The Morgan fingerprint density at radius 2 is 0.589 bits per heavy atom. The Morgan fingerprint density at radius 1 is 0.339 bits per heavy atom. The standard InChI is InChI=1S/C50H96O6/c1-6-7-8-9-10-11-12-13-17-20-25-30-35-40-48(51)54-43-47(56-50(53)42-37-32-27-22-24-29-34-39-46(4)5)44-55-49(52)41-36-31-26-21-18-15-14-16-19-23-28-33-38-45(2)3/h45-47H,6-44H2,1-5H3/t47-/m0/s1. The molecule has 0 amide bonds. The van der Waals surface area contributed by atoms with Crippen molar-refractivity contribution in [3.8, 4) is 0 Å². The van der Waals surface area contributed by atoms with Crippen LogP contribution in [0, 0.1) is 11.8 Å². The van der Waals surface area contributed by atoms with Gasteiger partial charge < -0.3 is 14.2 Å². The van der Waals surface area contributed by atoms with Crippen molar-refractivity contribution < 1.29 is 28.6 Å². The molecule has 332 valence electrons. The largest absolute Gasteiger partial charge is 0.462 e. The van der Waals surface area contributed by atoms with Gasteiger partial charge in [0.1, 0.15) is 13.2 Å². The van der Waals surface area contributed by atoms with E-state index in [1.807, 2.05) is 0 Å². The van der Waals surface area contributed by atoms with Crippen LogP contribution in [0.15, 0.2) is 0 Å². The minimum Gasteiger partial charge on any atom is -0.462 e. The van der Waals surface area contributed by atoms with Crippen LogP contribution in [0.2, 0.25) is 0 Å². The number of hydrogen-bond donors (Lipinski definition) is 0. The molecule has 0 rings (SSSR count). The van der Waals surface area contributed by atoms with E-state index >= 15 is 0 Å². The van der Waals surface area contributed by atoms with Gasteiger partial charge >= 0.3 is 17.9 Å². The second-order valence-electron chi connectivity index (χ2n) is 18.1. The molecule has 0 bridgehead atoms. The Labute approximate surface area is 348 Å². The summed E-state index contributed by atoms with van der Waals surface area (Å²) in [6.07, 6.45) is 42.4. The molecule has 0 aromatic heterocycles. The molecule has 0 saturated carbocycles. The molecular formula is C50H96O6. The fourth-order valence-electron chi connectivity index (χ4n) is 7.46. The Balaban J connectivity index is 4.29. The first-order valence-corrected chi connectivity index (χ1v) is 24.7. The second kappa shape index (κ2) is 43.0. The molecule has 6 heteroatoms. The summed E-state index contributed by atoms with van der Waals surface area (Å²) in [6, 6.07) is 0. The summed E-state index contributed by atoms with van der Waals surface area (Å²) in [5.41, 5.74) is 0. The summed E-state index contributed by atoms with van der Waals surface area (Å²) in [7, 11) is 0. The van der Waals surface area contributed by atoms with Gasteiger partial charge in [0.2, 0.25) is 0 Å². The third kappa shape index (κ3) is 43.5. The van der Waals surface area contributed by atoms with Gasteiger partial charge in [-0.15, -0.1) is 0 Å². The van der Waals surface area contributed by atoms with Crippen LogP contribution < -0.4 is 0 Å². The Hall–Kier alpha value is -1.59. The van der Waals surface area contributed by atoms with Gasteiger partial charge in [0.25, 0.3) is 0 Å². The molecule has 0 spiro atoms. The molecule has 0 N–H and O–H groups in total. The number of ether oxygens (including phenoxy) is 3. The lowest BCUT2D eigenvalue weighted by Crippen LogP contribution is -2.30. The third-order valence-electron chi connectivity index (χ3n) is 11.2. The van der Waals surface area contributed by atoms with Crippen molar-refractivity contribution in [2.45, 2.75) is 278 Å². The molecule has 0 aliphatic rings. The summed E-state index contributed by atoms with van der Waals surface area (Å²) < 4.78 is 16.8. The van der Waals surface area contributed by atoms with Crippen LogP contribution in [0.3, 0.4) is 0 Å². The predicted octanol–water partition coefficient (Wildman–Crippen LogP) is 15.8. The lowest BCUT2D eigenvalue weighted by atomic mass is 10.0. The summed E-state index contributed by atoms with van der Waals surface area (Å²) in [4.78, 5) is 37.8.